The first-order chi connectivity index (χ1) is 13.1. The number of thiophene rings is 2. The smallest absolute Gasteiger partial charge is 0.239 e. The summed E-state index contributed by atoms with van der Waals surface area (Å²) in [5, 5.41) is 17.8. The van der Waals surface area contributed by atoms with Gasteiger partial charge in [0.05, 0.1) is 25.2 Å². The maximum Gasteiger partial charge on any atom is 0.239 e. The molecule has 2 aromatic heterocycles. The molecule has 0 aromatic carbocycles. The van der Waals surface area contributed by atoms with Crippen molar-refractivity contribution in [2.75, 3.05) is 25.0 Å². The van der Waals surface area contributed by atoms with Crippen molar-refractivity contribution in [1.82, 2.24) is 10.2 Å². The maximum atomic E-state index is 12.4. The minimum atomic E-state index is -0.195. The van der Waals surface area contributed by atoms with E-state index in [9.17, 15) is 14.9 Å². The summed E-state index contributed by atoms with van der Waals surface area (Å²) < 4.78 is 0. The Bertz CT molecular complexity index is 852. The number of anilines is 1. The zero-order valence-corrected chi connectivity index (χ0v) is 16.8. The summed E-state index contributed by atoms with van der Waals surface area (Å²) in [6.45, 7) is 3.30. The van der Waals surface area contributed by atoms with E-state index in [1.54, 1.807) is 16.2 Å². The Morgan fingerprint density at radius 3 is 2.81 bits per heavy atom. The van der Waals surface area contributed by atoms with Crippen LogP contribution in [-0.4, -0.2) is 36.3 Å². The highest BCUT2D eigenvalue weighted by Gasteiger charge is 2.23. The molecule has 3 rings (SSSR count). The highest BCUT2D eigenvalue weighted by Crippen LogP contribution is 2.38. The molecule has 0 bridgehead atoms. The van der Waals surface area contributed by atoms with Gasteiger partial charge in [-0.2, -0.15) is 5.26 Å². The molecule has 0 unspecified atom stereocenters. The molecule has 0 fully saturated rings. The molecule has 1 aliphatic rings. The normalized spacial score (nSPS) is 12.6. The van der Waals surface area contributed by atoms with Crippen LogP contribution in [0.15, 0.2) is 17.5 Å². The molecule has 2 heterocycles. The summed E-state index contributed by atoms with van der Waals surface area (Å²) in [4.78, 5) is 28.6. The Morgan fingerprint density at radius 1 is 1.30 bits per heavy atom. The van der Waals surface area contributed by atoms with E-state index in [1.165, 1.54) is 16.2 Å². The molecule has 27 heavy (non-hydrogen) atoms. The number of likely N-dealkylation sites (N-methyl/N-ethyl adjacent to an activating group) is 1. The topological polar surface area (TPSA) is 85.2 Å². The fourth-order valence-corrected chi connectivity index (χ4v) is 5.02. The quantitative estimate of drug-likeness (QED) is 0.711. The number of amides is 2. The SMILES string of the molecule is CCN(CC(=O)NCc1cccs1)CC(=O)Nc1sc2c(c1C#N)CCC2. The van der Waals surface area contributed by atoms with Crippen molar-refractivity contribution in [1.29, 1.82) is 5.26 Å². The number of fused-ring (bicyclic) bond motifs is 1. The molecule has 0 saturated heterocycles. The molecular formula is C19H22N4O2S2. The van der Waals surface area contributed by atoms with Gasteiger partial charge in [-0.15, -0.1) is 22.7 Å². The van der Waals surface area contributed by atoms with Crippen molar-refractivity contribution < 1.29 is 9.59 Å². The molecular weight excluding hydrogens is 380 g/mol. The third-order valence-electron chi connectivity index (χ3n) is 4.51. The van der Waals surface area contributed by atoms with Crippen LogP contribution in [0, 0.1) is 11.3 Å². The number of hydrogen-bond donors (Lipinski definition) is 2. The monoisotopic (exact) mass is 402 g/mol. The third-order valence-corrected chi connectivity index (χ3v) is 6.59. The lowest BCUT2D eigenvalue weighted by atomic mass is 10.1. The van der Waals surface area contributed by atoms with E-state index in [0.29, 0.717) is 23.7 Å². The molecule has 2 N–H and O–H groups in total. The second-order valence-electron chi connectivity index (χ2n) is 6.38. The summed E-state index contributed by atoms with van der Waals surface area (Å²) in [6.07, 6.45) is 2.97. The Balaban J connectivity index is 1.51. The second-order valence-corrected chi connectivity index (χ2v) is 8.52. The zero-order valence-electron chi connectivity index (χ0n) is 15.2. The van der Waals surface area contributed by atoms with E-state index in [2.05, 4.69) is 16.7 Å². The fraction of sp³-hybridized carbons (Fsp3) is 0.421. The van der Waals surface area contributed by atoms with E-state index in [0.717, 1.165) is 29.7 Å². The van der Waals surface area contributed by atoms with E-state index in [-0.39, 0.29) is 24.9 Å². The molecule has 0 aliphatic heterocycles. The van der Waals surface area contributed by atoms with Gasteiger partial charge in [-0.05, 0) is 42.8 Å². The van der Waals surface area contributed by atoms with Gasteiger partial charge in [0.25, 0.3) is 0 Å². The first kappa shape index (κ1) is 19.5. The number of nitriles is 1. The molecule has 0 atom stereocenters. The van der Waals surface area contributed by atoms with Gasteiger partial charge in [-0.1, -0.05) is 13.0 Å². The molecule has 0 saturated carbocycles. The number of aryl methyl sites for hydroxylation is 1. The van der Waals surface area contributed by atoms with Crippen molar-refractivity contribution in [3.05, 3.63) is 38.4 Å². The predicted octanol–water partition coefficient (Wildman–Crippen LogP) is 2.75. The summed E-state index contributed by atoms with van der Waals surface area (Å²) in [6, 6.07) is 6.15. The lowest BCUT2D eigenvalue weighted by Gasteiger charge is -2.19. The minimum absolute atomic E-state index is 0.106. The molecule has 0 spiro atoms. The highest BCUT2D eigenvalue weighted by atomic mass is 32.1. The van der Waals surface area contributed by atoms with Gasteiger partial charge >= 0.3 is 0 Å². The van der Waals surface area contributed by atoms with Crippen LogP contribution in [-0.2, 0) is 29.0 Å². The minimum Gasteiger partial charge on any atom is -0.350 e. The van der Waals surface area contributed by atoms with Crippen LogP contribution < -0.4 is 10.6 Å². The van der Waals surface area contributed by atoms with Gasteiger partial charge in [-0.25, -0.2) is 0 Å². The number of nitrogens with one attached hydrogen (secondary N) is 2. The van der Waals surface area contributed by atoms with Crippen LogP contribution in [0.1, 0.15) is 34.2 Å². The molecule has 2 aromatic rings. The van der Waals surface area contributed by atoms with Crippen LogP contribution in [0.2, 0.25) is 0 Å². The van der Waals surface area contributed by atoms with Crippen molar-refractivity contribution in [2.24, 2.45) is 0 Å². The zero-order chi connectivity index (χ0) is 19.2. The van der Waals surface area contributed by atoms with E-state index >= 15 is 0 Å². The largest absolute Gasteiger partial charge is 0.350 e. The summed E-state index contributed by atoms with van der Waals surface area (Å²) in [7, 11) is 0. The summed E-state index contributed by atoms with van der Waals surface area (Å²) >= 11 is 3.10. The van der Waals surface area contributed by atoms with Gasteiger partial charge in [0.1, 0.15) is 11.1 Å². The maximum absolute atomic E-state index is 12.4. The van der Waals surface area contributed by atoms with Gasteiger partial charge in [0.2, 0.25) is 11.8 Å². The van der Waals surface area contributed by atoms with Crippen LogP contribution in [0.5, 0.6) is 0 Å². The summed E-state index contributed by atoms with van der Waals surface area (Å²) in [5.74, 6) is -0.301. The lowest BCUT2D eigenvalue weighted by Crippen LogP contribution is -2.40. The van der Waals surface area contributed by atoms with Crippen molar-refractivity contribution >= 4 is 39.5 Å². The number of nitrogens with zero attached hydrogens (tertiary/aromatic N) is 2. The molecule has 0 radical (unpaired) electrons. The van der Waals surface area contributed by atoms with Crippen molar-refractivity contribution in [2.45, 2.75) is 32.7 Å². The molecule has 6 nitrogen and oxygen atoms in total. The fourth-order valence-electron chi connectivity index (χ4n) is 3.12. The van der Waals surface area contributed by atoms with E-state index < -0.39 is 0 Å². The Kier molecular flexibility index (Phi) is 6.61. The molecule has 8 heteroatoms. The lowest BCUT2D eigenvalue weighted by molar-refractivity contribution is -0.123. The van der Waals surface area contributed by atoms with Gasteiger partial charge < -0.3 is 10.6 Å². The Morgan fingerprint density at radius 2 is 2.11 bits per heavy atom. The van der Waals surface area contributed by atoms with Gasteiger partial charge in [0, 0.05) is 9.75 Å². The molecule has 142 valence electrons. The van der Waals surface area contributed by atoms with Crippen LogP contribution >= 0.6 is 22.7 Å². The highest BCUT2D eigenvalue weighted by molar-refractivity contribution is 7.16. The second kappa shape index (κ2) is 9.13. The predicted molar refractivity (Wildman–Crippen MR) is 108 cm³/mol. The standard InChI is InChI=1S/C19H22N4O2S2/c1-2-23(11-17(24)21-10-13-5-4-8-26-13)12-18(25)22-19-15(9-20)14-6-3-7-16(14)27-19/h4-5,8H,2-3,6-7,10-12H2,1H3,(H,21,24)(H,22,25). The van der Waals surface area contributed by atoms with E-state index in [1.807, 2.05) is 24.4 Å². The first-order valence-corrected chi connectivity index (χ1v) is 10.7. The van der Waals surface area contributed by atoms with Gasteiger partial charge in [0.15, 0.2) is 0 Å². The third kappa shape index (κ3) is 4.95. The average molecular weight is 403 g/mol. The van der Waals surface area contributed by atoms with Gasteiger partial charge in [-0.3, -0.25) is 14.5 Å². The number of carbonyl (C=O) groups excluding carboxylic acids is 2. The van der Waals surface area contributed by atoms with Crippen molar-refractivity contribution in [3.8, 4) is 6.07 Å². The molecule has 2 amide bonds. The number of rotatable bonds is 8. The van der Waals surface area contributed by atoms with Crippen LogP contribution in [0.3, 0.4) is 0 Å². The average Bonchev–Trinajstić information content (AvgIpc) is 3.36. The van der Waals surface area contributed by atoms with Crippen molar-refractivity contribution in [3.63, 3.8) is 0 Å². The summed E-state index contributed by atoms with van der Waals surface area (Å²) in [5.41, 5.74) is 1.70. The molecule has 1 aliphatic carbocycles. The number of hydrogen-bond acceptors (Lipinski definition) is 6. The first-order valence-electron chi connectivity index (χ1n) is 8.96. The number of carbonyl (C=O) groups is 2. The van der Waals surface area contributed by atoms with E-state index in [4.69, 9.17) is 0 Å². The van der Waals surface area contributed by atoms with Crippen LogP contribution in [0.25, 0.3) is 0 Å². The Hall–Kier alpha value is -2.21. The Labute approximate surface area is 166 Å². The van der Waals surface area contributed by atoms with Crippen LogP contribution in [0.4, 0.5) is 5.00 Å².